The zero-order valence-electron chi connectivity index (χ0n) is 14.7. The van der Waals surface area contributed by atoms with Crippen LogP contribution in [0.2, 0.25) is 0 Å². The summed E-state index contributed by atoms with van der Waals surface area (Å²) in [5.74, 6) is -0.201. The molecular weight excluding hydrogens is 441 g/mol. The molecule has 0 spiro atoms. The van der Waals surface area contributed by atoms with Crippen molar-refractivity contribution in [2.45, 2.75) is 13.5 Å². The fraction of sp³-hybridized carbons (Fsp3) is 0.300. The van der Waals surface area contributed by atoms with Gasteiger partial charge in [0.05, 0.1) is 18.9 Å². The van der Waals surface area contributed by atoms with E-state index in [1.807, 2.05) is 55.5 Å². The van der Waals surface area contributed by atoms with E-state index in [2.05, 4.69) is 38.0 Å². The van der Waals surface area contributed by atoms with Gasteiger partial charge in [-0.3, -0.25) is 9.69 Å². The smallest absolute Gasteiger partial charge is 0.271 e. The van der Waals surface area contributed by atoms with E-state index in [0.717, 1.165) is 47.7 Å². The van der Waals surface area contributed by atoms with E-state index < -0.39 is 0 Å². The number of hydrogen-bond donors (Lipinski definition) is 1. The fourth-order valence-electron chi connectivity index (χ4n) is 2.76. The van der Waals surface area contributed by atoms with Gasteiger partial charge in [0.15, 0.2) is 0 Å². The molecule has 1 heterocycles. The third-order valence-corrected chi connectivity index (χ3v) is 4.96. The Labute approximate surface area is 167 Å². The van der Waals surface area contributed by atoms with Gasteiger partial charge in [0.25, 0.3) is 5.91 Å². The molecule has 2 aromatic carbocycles. The maximum Gasteiger partial charge on any atom is 0.271 e. The zero-order valence-corrected chi connectivity index (χ0v) is 16.9. The van der Waals surface area contributed by atoms with Crippen LogP contribution in [-0.2, 0) is 11.3 Å². The lowest BCUT2D eigenvalue weighted by atomic mass is 10.1. The molecule has 0 radical (unpaired) electrons. The molecule has 2 aromatic rings. The van der Waals surface area contributed by atoms with Gasteiger partial charge in [-0.2, -0.15) is 5.10 Å². The average Bonchev–Trinajstić information content (AvgIpc) is 2.67. The highest BCUT2D eigenvalue weighted by molar-refractivity contribution is 14.1. The van der Waals surface area contributed by atoms with Crippen LogP contribution in [0.4, 0.5) is 0 Å². The van der Waals surface area contributed by atoms with Gasteiger partial charge in [-0.1, -0.05) is 24.3 Å². The highest BCUT2D eigenvalue weighted by atomic mass is 127. The number of halogens is 1. The number of ether oxygens (including phenoxy) is 1. The lowest BCUT2D eigenvalue weighted by molar-refractivity contribution is 0.0342. The summed E-state index contributed by atoms with van der Waals surface area (Å²) < 4.78 is 6.50. The molecule has 1 aliphatic heterocycles. The largest absolute Gasteiger partial charge is 0.379 e. The number of carbonyl (C=O) groups is 1. The van der Waals surface area contributed by atoms with Crippen LogP contribution < -0.4 is 5.43 Å². The van der Waals surface area contributed by atoms with Crippen molar-refractivity contribution in [3.63, 3.8) is 0 Å². The van der Waals surface area contributed by atoms with E-state index in [4.69, 9.17) is 4.74 Å². The normalized spacial score (nSPS) is 15.7. The van der Waals surface area contributed by atoms with Gasteiger partial charge in [-0.05, 0) is 64.9 Å². The molecule has 3 rings (SSSR count). The first-order valence-corrected chi connectivity index (χ1v) is 9.69. The summed E-state index contributed by atoms with van der Waals surface area (Å²) in [5, 5.41) is 4.22. The molecule has 0 unspecified atom stereocenters. The van der Waals surface area contributed by atoms with Crippen LogP contribution >= 0.6 is 22.6 Å². The number of rotatable bonds is 5. The summed E-state index contributed by atoms with van der Waals surface area (Å²) in [5.41, 5.74) is 6.22. The lowest BCUT2D eigenvalue weighted by Gasteiger charge is -2.26. The first-order chi connectivity index (χ1) is 12.6. The van der Waals surface area contributed by atoms with Crippen molar-refractivity contribution in [2.24, 2.45) is 5.10 Å². The second-order valence-corrected chi connectivity index (χ2v) is 7.48. The van der Waals surface area contributed by atoms with Crippen LogP contribution in [-0.4, -0.2) is 42.8 Å². The first-order valence-electron chi connectivity index (χ1n) is 8.61. The number of carbonyl (C=O) groups excluding carboxylic acids is 1. The Balaban J connectivity index is 1.58. The van der Waals surface area contributed by atoms with E-state index in [1.54, 1.807) is 0 Å². The van der Waals surface area contributed by atoms with Gasteiger partial charge in [-0.15, -0.1) is 0 Å². The van der Waals surface area contributed by atoms with Crippen LogP contribution in [0.3, 0.4) is 0 Å². The lowest BCUT2D eigenvalue weighted by Crippen LogP contribution is -2.35. The molecule has 0 aromatic heterocycles. The van der Waals surface area contributed by atoms with Gasteiger partial charge in [0.2, 0.25) is 0 Å². The predicted octanol–water partition coefficient (Wildman–Crippen LogP) is 3.28. The number of morpholine rings is 1. The maximum atomic E-state index is 12.3. The molecular formula is C20H22IN3O2. The molecule has 5 nitrogen and oxygen atoms in total. The van der Waals surface area contributed by atoms with Crippen molar-refractivity contribution in [3.05, 3.63) is 68.8 Å². The number of hydrogen-bond acceptors (Lipinski definition) is 4. The van der Waals surface area contributed by atoms with Gasteiger partial charge >= 0.3 is 0 Å². The summed E-state index contributed by atoms with van der Waals surface area (Å²) in [6.45, 7) is 6.26. The Kier molecular flexibility index (Phi) is 6.76. The molecule has 0 bridgehead atoms. The molecule has 0 saturated carbocycles. The third-order valence-electron chi connectivity index (χ3n) is 4.29. The maximum absolute atomic E-state index is 12.3. The molecule has 0 atom stereocenters. The topological polar surface area (TPSA) is 53.9 Å². The number of benzene rings is 2. The van der Waals surface area contributed by atoms with Crippen LogP contribution in [0.25, 0.3) is 0 Å². The predicted molar refractivity (Wildman–Crippen MR) is 111 cm³/mol. The van der Waals surface area contributed by atoms with Crippen LogP contribution in [0, 0.1) is 3.57 Å². The van der Waals surface area contributed by atoms with Gasteiger partial charge in [0, 0.05) is 28.8 Å². The van der Waals surface area contributed by atoms with E-state index in [1.165, 1.54) is 5.56 Å². The second-order valence-electron chi connectivity index (χ2n) is 6.23. The van der Waals surface area contributed by atoms with Gasteiger partial charge < -0.3 is 4.74 Å². The summed E-state index contributed by atoms with van der Waals surface area (Å²) in [6.07, 6.45) is 0. The van der Waals surface area contributed by atoms with E-state index in [9.17, 15) is 4.79 Å². The van der Waals surface area contributed by atoms with Crippen molar-refractivity contribution in [2.75, 3.05) is 26.3 Å². The van der Waals surface area contributed by atoms with Gasteiger partial charge in [-0.25, -0.2) is 5.43 Å². The molecule has 1 aliphatic rings. The van der Waals surface area contributed by atoms with Crippen LogP contribution in [0.1, 0.15) is 28.4 Å². The van der Waals surface area contributed by atoms with E-state index in [-0.39, 0.29) is 5.91 Å². The number of nitrogens with one attached hydrogen (secondary N) is 1. The third kappa shape index (κ3) is 5.36. The molecule has 1 amide bonds. The Morgan fingerprint density at radius 3 is 2.58 bits per heavy atom. The highest BCUT2D eigenvalue weighted by Crippen LogP contribution is 2.10. The fourth-order valence-corrected chi connectivity index (χ4v) is 3.30. The minimum absolute atomic E-state index is 0.201. The second kappa shape index (κ2) is 9.25. The van der Waals surface area contributed by atoms with Crippen LogP contribution in [0.15, 0.2) is 53.6 Å². The SMILES string of the molecule is C/C(=N\NC(=O)c1ccc(CN2CCOCC2)cc1)c1cccc(I)c1. The minimum atomic E-state index is -0.201. The Hall–Kier alpha value is -1.77. The van der Waals surface area contributed by atoms with Crippen molar-refractivity contribution in [3.8, 4) is 0 Å². The summed E-state index contributed by atoms with van der Waals surface area (Å²) in [7, 11) is 0. The summed E-state index contributed by atoms with van der Waals surface area (Å²) in [4.78, 5) is 14.7. The molecule has 136 valence electrons. The molecule has 0 aliphatic carbocycles. The minimum Gasteiger partial charge on any atom is -0.379 e. The average molecular weight is 463 g/mol. The zero-order chi connectivity index (χ0) is 18.4. The number of nitrogens with zero attached hydrogens (tertiary/aromatic N) is 2. The molecule has 6 heteroatoms. The quantitative estimate of drug-likeness (QED) is 0.421. The van der Waals surface area contributed by atoms with Crippen molar-refractivity contribution >= 4 is 34.2 Å². The Morgan fingerprint density at radius 1 is 1.15 bits per heavy atom. The molecule has 1 N–H and O–H groups in total. The van der Waals surface area contributed by atoms with Crippen LogP contribution in [0.5, 0.6) is 0 Å². The molecule has 1 fully saturated rings. The first kappa shape index (κ1) is 19.0. The number of hydrazone groups is 1. The standard InChI is InChI=1S/C20H22IN3O2/c1-15(18-3-2-4-19(21)13-18)22-23-20(25)17-7-5-16(6-8-17)14-24-9-11-26-12-10-24/h2-8,13H,9-12,14H2,1H3,(H,23,25)/b22-15+. The molecule has 1 saturated heterocycles. The molecule has 26 heavy (non-hydrogen) atoms. The van der Waals surface area contributed by atoms with Crippen molar-refractivity contribution < 1.29 is 9.53 Å². The Morgan fingerprint density at radius 2 is 1.88 bits per heavy atom. The highest BCUT2D eigenvalue weighted by Gasteiger charge is 2.11. The van der Waals surface area contributed by atoms with Gasteiger partial charge in [0.1, 0.15) is 0 Å². The Bertz CT molecular complexity index is 784. The van der Waals surface area contributed by atoms with Crippen molar-refractivity contribution in [1.29, 1.82) is 0 Å². The van der Waals surface area contributed by atoms with Crippen molar-refractivity contribution in [1.82, 2.24) is 10.3 Å². The van der Waals surface area contributed by atoms with E-state index in [0.29, 0.717) is 5.56 Å². The summed E-state index contributed by atoms with van der Waals surface area (Å²) in [6, 6.07) is 15.7. The monoisotopic (exact) mass is 463 g/mol. The number of amides is 1. The van der Waals surface area contributed by atoms with E-state index >= 15 is 0 Å². The summed E-state index contributed by atoms with van der Waals surface area (Å²) >= 11 is 2.26.